The SMILES string of the molecule is COc1ccc(N=C2SC(=Cc3ccc(OCc4ccc([N+](=O)[O-])cc4)c(Cl)c3)C(=O)N2C)cc1. The van der Waals surface area contributed by atoms with E-state index in [0.29, 0.717) is 26.5 Å². The van der Waals surface area contributed by atoms with Crippen LogP contribution in [0.25, 0.3) is 6.08 Å². The minimum atomic E-state index is -0.451. The summed E-state index contributed by atoms with van der Waals surface area (Å²) in [4.78, 5) is 29.6. The van der Waals surface area contributed by atoms with Crippen LogP contribution in [0.2, 0.25) is 5.02 Å². The van der Waals surface area contributed by atoms with Crippen molar-refractivity contribution in [2.45, 2.75) is 6.61 Å². The number of aliphatic imine (C=N–C) groups is 1. The first kappa shape index (κ1) is 24.3. The highest BCUT2D eigenvalue weighted by Gasteiger charge is 2.30. The van der Waals surface area contributed by atoms with Crippen LogP contribution in [0, 0.1) is 10.1 Å². The number of carbonyl (C=O) groups excluding carboxylic acids is 1. The Hall–Kier alpha value is -3.82. The van der Waals surface area contributed by atoms with E-state index in [0.717, 1.165) is 16.9 Å². The van der Waals surface area contributed by atoms with Crippen LogP contribution in [0.1, 0.15) is 11.1 Å². The zero-order valence-corrected chi connectivity index (χ0v) is 20.4. The molecule has 0 bridgehead atoms. The number of nitrogens with zero attached hydrogens (tertiary/aromatic N) is 3. The molecule has 1 aliphatic heterocycles. The number of ether oxygens (including phenoxy) is 2. The number of methoxy groups -OCH3 is 1. The molecule has 1 fully saturated rings. The number of non-ortho nitro benzene ring substituents is 1. The molecule has 1 heterocycles. The Labute approximate surface area is 211 Å². The smallest absolute Gasteiger partial charge is 0.269 e. The van der Waals surface area contributed by atoms with E-state index in [9.17, 15) is 14.9 Å². The van der Waals surface area contributed by atoms with Gasteiger partial charge >= 0.3 is 0 Å². The molecule has 0 unspecified atom stereocenters. The van der Waals surface area contributed by atoms with Crippen LogP contribution in [-0.4, -0.2) is 35.1 Å². The summed E-state index contributed by atoms with van der Waals surface area (Å²) in [6.07, 6.45) is 1.76. The fraction of sp³-hybridized carbons (Fsp3) is 0.120. The van der Waals surface area contributed by atoms with Crippen LogP contribution in [0.5, 0.6) is 11.5 Å². The van der Waals surface area contributed by atoms with Gasteiger partial charge in [0.05, 0.1) is 27.6 Å². The Kier molecular flexibility index (Phi) is 7.38. The van der Waals surface area contributed by atoms with Gasteiger partial charge in [-0.15, -0.1) is 0 Å². The molecule has 0 aliphatic carbocycles. The third kappa shape index (κ3) is 5.82. The Bertz CT molecular complexity index is 1320. The third-order valence-corrected chi connectivity index (χ3v) is 6.45. The highest BCUT2D eigenvalue weighted by Crippen LogP contribution is 2.35. The maximum absolute atomic E-state index is 12.7. The second kappa shape index (κ2) is 10.6. The van der Waals surface area contributed by atoms with E-state index in [1.807, 2.05) is 24.3 Å². The number of hydrogen-bond donors (Lipinski definition) is 0. The average Bonchev–Trinajstić information content (AvgIpc) is 3.12. The summed E-state index contributed by atoms with van der Waals surface area (Å²) in [7, 11) is 3.28. The van der Waals surface area contributed by atoms with Crippen molar-refractivity contribution >= 4 is 51.9 Å². The molecule has 1 amide bonds. The number of nitro groups is 1. The van der Waals surface area contributed by atoms with Gasteiger partial charge < -0.3 is 9.47 Å². The molecule has 4 rings (SSSR count). The number of carbonyl (C=O) groups is 1. The van der Waals surface area contributed by atoms with Crippen LogP contribution in [-0.2, 0) is 11.4 Å². The molecule has 0 saturated carbocycles. The minimum absolute atomic E-state index is 0.0198. The van der Waals surface area contributed by atoms with Gasteiger partial charge in [0, 0.05) is 19.2 Å². The number of likely N-dealkylation sites (N-methyl/N-ethyl adjacent to an activating group) is 1. The molecule has 1 saturated heterocycles. The molecular formula is C25H20ClN3O5S. The number of nitro benzene ring substituents is 1. The van der Waals surface area contributed by atoms with Crippen molar-refractivity contribution in [3.05, 3.63) is 97.9 Å². The number of halogens is 1. The lowest BCUT2D eigenvalue weighted by molar-refractivity contribution is -0.384. The zero-order valence-electron chi connectivity index (χ0n) is 18.8. The van der Waals surface area contributed by atoms with Gasteiger partial charge in [-0.2, -0.15) is 0 Å². The minimum Gasteiger partial charge on any atom is -0.497 e. The highest BCUT2D eigenvalue weighted by molar-refractivity contribution is 8.18. The summed E-state index contributed by atoms with van der Waals surface area (Å²) < 4.78 is 10.9. The van der Waals surface area contributed by atoms with E-state index in [1.165, 1.54) is 28.8 Å². The van der Waals surface area contributed by atoms with Crippen LogP contribution < -0.4 is 9.47 Å². The largest absolute Gasteiger partial charge is 0.497 e. The van der Waals surface area contributed by atoms with Crippen molar-refractivity contribution in [3.63, 3.8) is 0 Å². The van der Waals surface area contributed by atoms with Crippen molar-refractivity contribution in [2.24, 2.45) is 4.99 Å². The third-order valence-electron chi connectivity index (χ3n) is 5.10. The summed E-state index contributed by atoms with van der Waals surface area (Å²) in [5, 5.41) is 11.7. The molecule has 1 aliphatic rings. The first-order valence-electron chi connectivity index (χ1n) is 10.4. The Balaban J connectivity index is 1.45. The lowest BCUT2D eigenvalue weighted by Gasteiger charge is -2.09. The molecule has 0 radical (unpaired) electrons. The monoisotopic (exact) mass is 509 g/mol. The fourth-order valence-electron chi connectivity index (χ4n) is 3.17. The van der Waals surface area contributed by atoms with E-state index in [-0.39, 0.29) is 18.2 Å². The topological polar surface area (TPSA) is 94.3 Å². The number of amidine groups is 1. The van der Waals surface area contributed by atoms with Gasteiger partial charge in [-0.25, -0.2) is 4.99 Å². The summed E-state index contributed by atoms with van der Waals surface area (Å²) in [6, 6.07) is 18.6. The van der Waals surface area contributed by atoms with Crippen molar-refractivity contribution in [2.75, 3.05) is 14.2 Å². The fourth-order valence-corrected chi connectivity index (χ4v) is 4.40. The number of thioether (sulfide) groups is 1. The summed E-state index contributed by atoms with van der Waals surface area (Å²) >= 11 is 7.68. The maximum atomic E-state index is 12.7. The van der Waals surface area contributed by atoms with Gasteiger partial charge in [0.25, 0.3) is 11.6 Å². The Morgan fingerprint density at radius 1 is 1.11 bits per heavy atom. The average molecular weight is 510 g/mol. The number of hydrogen-bond acceptors (Lipinski definition) is 7. The van der Waals surface area contributed by atoms with E-state index in [4.69, 9.17) is 21.1 Å². The standard InChI is InChI=1S/C25H20ClN3O5S/c1-28-24(30)23(35-25(28)27-18-6-10-20(33-2)11-7-18)14-17-5-12-22(21(26)13-17)34-15-16-3-8-19(9-4-16)29(31)32/h3-14H,15H2,1-2H3. The predicted octanol–water partition coefficient (Wildman–Crippen LogP) is 6.07. The second-order valence-electron chi connectivity index (χ2n) is 7.47. The van der Waals surface area contributed by atoms with E-state index < -0.39 is 4.92 Å². The lowest BCUT2D eigenvalue weighted by atomic mass is 10.2. The van der Waals surface area contributed by atoms with Crippen molar-refractivity contribution in [1.29, 1.82) is 0 Å². The number of benzene rings is 3. The second-order valence-corrected chi connectivity index (χ2v) is 8.89. The predicted molar refractivity (Wildman–Crippen MR) is 137 cm³/mol. The van der Waals surface area contributed by atoms with Crippen LogP contribution in [0.4, 0.5) is 11.4 Å². The van der Waals surface area contributed by atoms with Gasteiger partial charge in [-0.3, -0.25) is 19.8 Å². The number of amides is 1. The maximum Gasteiger partial charge on any atom is 0.269 e. The first-order valence-corrected chi connectivity index (χ1v) is 11.6. The van der Waals surface area contributed by atoms with Gasteiger partial charge in [0.15, 0.2) is 5.17 Å². The highest BCUT2D eigenvalue weighted by atomic mass is 35.5. The molecule has 10 heteroatoms. The van der Waals surface area contributed by atoms with Crippen LogP contribution in [0.3, 0.4) is 0 Å². The number of rotatable bonds is 7. The summed E-state index contributed by atoms with van der Waals surface area (Å²) in [6.45, 7) is 0.211. The van der Waals surface area contributed by atoms with E-state index in [2.05, 4.69) is 4.99 Å². The summed E-state index contributed by atoms with van der Waals surface area (Å²) in [5.41, 5.74) is 2.25. The molecule has 8 nitrogen and oxygen atoms in total. The quantitative estimate of drug-likeness (QED) is 0.218. The molecule has 3 aromatic carbocycles. The van der Waals surface area contributed by atoms with Crippen molar-refractivity contribution < 1.29 is 19.2 Å². The van der Waals surface area contributed by atoms with Crippen molar-refractivity contribution in [3.8, 4) is 11.5 Å². The van der Waals surface area contributed by atoms with Gasteiger partial charge in [-0.05, 0) is 77.5 Å². The van der Waals surface area contributed by atoms with Crippen LogP contribution >= 0.6 is 23.4 Å². The van der Waals surface area contributed by atoms with Crippen molar-refractivity contribution in [1.82, 2.24) is 4.90 Å². The zero-order chi connectivity index (χ0) is 24.9. The molecule has 0 N–H and O–H groups in total. The van der Waals surface area contributed by atoms with Crippen LogP contribution in [0.15, 0.2) is 76.6 Å². The molecule has 35 heavy (non-hydrogen) atoms. The molecule has 0 atom stereocenters. The van der Waals surface area contributed by atoms with Gasteiger partial charge in [0.1, 0.15) is 18.1 Å². The van der Waals surface area contributed by atoms with Gasteiger partial charge in [0.2, 0.25) is 0 Å². The Morgan fingerprint density at radius 2 is 1.83 bits per heavy atom. The van der Waals surface area contributed by atoms with E-state index >= 15 is 0 Å². The molecule has 0 aromatic heterocycles. The van der Waals surface area contributed by atoms with E-state index in [1.54, 1.807) is 50.6 Å². The molecule has 3 aromatic rings. The molecule has 178 valence electrons. The lowest BCUT2D eigenvalue weighted by Crippen LogP contribution is -2.23. The molecular weight excluding hydrogens is 490 g/mol. The molecule has 0 spiro atoms. The van der Waals surface area contributed by atoms with Gasteiger partial charge in [-0.1, -0.05) is 17.7 Å². The first-order chi connectivity index (χ1) is 16.8. The normalized spacial score (nSPS) is 15.6. The Morgan fingerprint density at radius 3 is 2.46 bits per heavy atom. The summed E-state index contributed by atoms with van der Waals surface area (Å²) in [5.74, 6) is 1.04.